The normalized spacial score (nSPS) is 15.1. The average Bonchev–Trinajstić information content (AvgIpc) is 2.33. The third-order valence-electron chi connectivity index (χ3n) is 4.27. The van der Waals surface area contributed by atoms with Gasteiger partial charge in [0.1, 0.15) is 0 Å². The SMILES string of the molecule is CCCC(CCN)CCC(=O)N(C)C(C)C(C)(C)C. The highest BCUT2D eigenvalue weighted by atomic mass is 16.2. The summed E-state index contributed by atoms with van der Waals surface area (Å²) in [7, 11) is 1.93. The van der Waals surface area contributed by atoms with Crippen molar-refractivity contribution in [1.82, 2.24) is 4.90 Å². The Bertz CT molecular complexity index is 252. The van der Waals surface area contributed by atoms with Crippen LogP contribution >= 0.6 is 0 Å². The van der Waals surface area contributed by atoms with Crippen LogP contribution in [0.3, 0.4) is 0 Å². The lowest BCUT2D eigenvalue weighted by molar-refractivity contribution is -0.134. The molecule has 0 radical (unpaired) electrons. The molecule has 0 aromatic carbocycles. The van der Waals surface area contributed by atoms with Gasteiger partial charge in [-0.1, -0.05) is 40.5 Å². The Balaban J connectivity index is 4.28. The smallest absolute Gasteiger partial charge is 0.222 e. The van der Waals surface area contributed by atoms with E-state index in [1.807, 2.05) is 11.9 Å². The molecule has 3 heteroatoms. The standard InChI is InChI=1S/C16H34N2O/c1-7-8-14(11-12-17)9-10-15(19)18(6)13(2)16(3,4)5/h13-14H,7-12,17H2,1-6H3. The molecule has 0 fully saturated rings. The molecule has 0 aliphatic carbocycles. The second-order valence-electron chi connectivity index (χ2n) is 6.82. The zero-order valence-electron chi connectivity index (χ0n) is 13.8. The van der Waals surface area contributed by atoms with Gasteiger partial charge in [-0.3, -0.25) is 4.79 Å². The van der Waals surface area contributed by atoms with Crippen molar-refractivity contribution in [2.75, 3.05) is 13.6 Å². The number of hydrogen-bond acceptors (Lipinski definition) is 2. The van der Waals surface area contributed by atoms with Gasteiger partial charge >= 0.3 is 0 Å². The van der Waals surface area contributed by atoms with Gasteiger partial charge in [-0.25, -0.2) is 0 Å². The molecule has 3 nitrogen and oxygen atoms in total. The largest absolute Gasteiger partial charge is 0.343 e. The van der Waals surface area contributed by atoms with Crippen molar-refractivity contribution >= 4 is 5.91 Å². The van der Waals surface area contributed by atoms with Crippen LogP contribution in [-0.2, 0) is 4.79 Å². The highest BCUT2D eigenvalue weighted by molar-refractivity contribution is 5.76. The average molecular weight is 270 g/mol. The van der Waals surface area contributed by atoms with Crippen LogP contribution < -0.4 is 5.73 Å². The van der Waals surface area contributed by atoms with Gasteiger partial charge in [0, 0.05) is 19.5 Å². The lowest BCUT2D eigenvalue weighted by atomic mass is 9.86. The Hall–Kier alpha value is -0.570. The Morgan fingerprint density at radius 2 is 1.79 bits per heavy atom. The van der Waals surface area contributed by atoms with E-state index in [4.69, 9.17) is 5.73 Å². The molecule has 2 atom stereocenters. The third-order valence-corrected chi connectivity index (χ3v) is 4.27. The van der Waals surface area contributed by atoms with Crippen molar-refractivity contribution in [1.29, 1.82) is 0 Å². The minimum atomic E-state index is 0.129. The summed E-state index contributed by atoms with van der Waals surface area (Å²) in [4.78, 5) is 14.1. The highest BCUT2D eigenvalue weighted by Gasteiger charge is 2.26. The van der Waals surface area contributed by atoms with Gasteiger partial charge in [0.25, 0.3) is 0 Å². The molecule has 0 saturated carbocycles. The summed E-state index contributed by atoms with van der Waals surface area (Å²) in [6.45, 7) is 11.6. The third kappa shape index (κ3) is 6.95. The van der Waals surface area contributed by atoms with E-state index in [1.54, 1.807) is 0 Å². The van der Waals surface area contributed by atoms with Crippen LogP contribution in [0.15, 0.2) is 0 Å². The van der Waals surface area contributed by atoms with Crippen molar-refractivity contribution in [2.24, 2.45) is 17.1 Å². The number of rotatable bonds is 8. The molecule has 0 aliphatic rings. The molecule has 0 spiro atoms. The van der Waals surface area contributed by atoms with Crippen LogP contribution in [0.25, 0.3) is 0 Å². The Morgan fingerprint density at radius 1 is 1.21 bits per heavy atom. The van der Waals surface area contributed by atoms with E-state index in [0.29, 0.717) is 12.3 Å². The topological polar surface area (TPSA) is 46.3 Å². The van der Waals surface area contributed by atoms with E-state index in [2.05, 4.69) is 34.6 Å². The summed E-state index contributed by atoms with van der Waals surface area (Å²) in [5.41, 5.74) is 5.77. The van der Waals surface area contributed by atoms with Crippen molar-refractivity contribution in [3.05, 3.63) is 0 Å². The van der Waals surface area contributed by atoms with E-state index < -0.39 is 0 Å². The molecule has 0 bridgehead atoms. The molecule has 0 rings (SSSR count). The Kier molecular flexibility index (Phi) is 8.31. The molecule has 0 aromatic rings. The fourth-order valence-corrected chi connectivity index (χ4v) is 2.38. The molecule has 2 N–H and O–H groups in total. The maximum atomic E-state index is 12.2. The molecule has 0 aliphatic heterocycles. The number of nitrogens with two attached hydrogens (primary N) is 1. The van der Waals surface area contributed by atoms with Gasteiger partial charge < -0.3 is 10.6 Å². The molecular weight excluding hydrogens is 236 g/mol. The molecule has 2 unspecified atom stereocenters. The summed E-state index contributed by atoms with van der Waals surface area (Å²) >= 11 is 0. The molecule has 0 heterocycles. The van der Waals surface area contributed by atoms with E-state index in [-0.39, 0.29) is 17.4 Å². The van der Waals surface area contributed by atoms with Crippen LogP contribution in [0.2, 0.25) is 0 Å². The van der Waals surface area contributed by atoms with E-state index in [0.717, 1.165) is 19.4 Å². The summed E-state index contributed by atoms with van der Waals surface area (Å²) in [5.74, 6) is 0.873. The van der Waals surface area contributed by atoms with Crippen LogP contribution in [-0.4, -0.2) is 30.4 Å². The second kappa shape index (κ2) is 8.57. The minimum Gasteiger partial charge on any atom is -0.343 e. The van der Waals surface area contributed by atoms with Gasteiger partial charge in [0.15, 0.2) is 0 Å². The van der Waals surface area contributed by atoms with E-state index >= 15 is 0 Å². The van der Waals surface area contributed by atoms with E-state index in [1.165, 1.54) is 12.8 Å². The maximum Gasteiger partial charge on any atom is 0.222 e. The first kappa shape index (κ1) is 18.4. The van der Waals surface area contributed by atoms with Gasteiger partial charge in [0.05, 0.1) is 0 Å². The lowest BCUT2D eigenvalue weighted by Crippen LogP contribution is -2.43. The Morgan fingerprint density at radius 3 is 2.21 bits per heavy atom. The lowest BCUT2D eigenvalue weighted by Gasteiger charge is -2.35. The van der Waals surface area contributed by atoms with Crippen LogP contribution in [0.1, 0.15) is 66.7 Å². The van der Waals surface area contributed by atoms with Crippen molar-refractivity contribution in [3.8, 4) is 0 Å². The summed E-state index contributed by atoms with van der Waals surface area (Å²) < 4.78 is 0. The molecule has 114 valence electrons. The number of hydrogen-bond donors (Lipinski definition) is 1. The zero-order chi connectivity index (χ0) is 15.1. The van der Waals surface area contributed by atoms with Crippen molar-refractivity contribution < 1.29 is 4.79 Å². The zero-order valence-corrected chi connectivity index (χ0v) is 13.8. The summed E-state index contributed by atoms with van der Waals surface area (Å²) in [5, 5.41) is 0. The molecule has 0 aromatic heterocycles. The number of carbonyl (C=O) groups excluding carboxylic acids is 1. The number of amides is 1. The van der Waals surface area contributed by atoms with E-state index in [9.17, 15) is 4.79 Å². The van der Waals surface area contributed by atoms with Crippen molar-refractivity contribution in [3.63, 3.8) is 0 Å². The van der Waals surface area contributed by atoms with Gasteiger partial charge in [-0.15, -0.1) is 0 Å². The second-order valence-corrected chi connectivity index (χ2v) is 6.82. The monoisotopic (exact) mass is 270 g/mol. The summed E-state index contributed by atoms with van der Waals surface area (Å²) in [6, 6.07) is 0.263. The van der Waals surface area contributed by atoms with Crippen LogP contribution in [0.5, 0.6) is 0 Å². The van der Waals surface area contributed by atoms with Gasteiger partial charge in [-0.05, 0) is 37.6 Å². The molecular formula is C16H34N2O. The number of carbonyl (C=O) groups is 1. The number of nitrogens with zero attached hydrogens (tertiary/aromatic N) is 1. The first-order valence-electron chi connectivity index (χ1n) is 7.69. The fraction of sp³-hybridized carbons (Fsp3) is 0.938. The fourth-order valence-electron chi connectivity index (χ4n) is 2.38. The highest BCUT2D eigenvalue weighted by Crippen LogP contribution is 2.24. The quantitative estimate of drug-likeness (QED) is 0.734. The van der Waals surface area contributed by atoms with Gasteiger partial charge in [0.2, 0.25) is 5.91 Å². The van der Waals surface area contributed by atoms with Crippen LogP contribution in [0.4, 0.5) is 0 Å². The van der Waals surface area contributed by atoms with Crippen molar-refractivity contribution in [2.45, 2.75) is 72.8 Å². The molecule has 0 saturated heterocycles. The molecule has 1 amide bonds. The first-order valence-corrected chi connectivity index (χ1v) is 7.69. The predicted octanol–water partition coefficient (Wildman–Crippen LogP) is 3.42. The minimum absolute atomic E-state index is 0.129. The Labute approximate surface area is 119 Å². The maximum absolute atomic E-state index is 12.2. The molecule has 19 heavy (non-hydrogen) atoms. The van der Waals surface area contributed by atoms with Gasteiger partial charge in [-0.2, -0.15) is 0 Å². The first-order chi connectivity index (χ1) is 8.73. The predicted molar refractivity (Wildman–Crippen MR) is 83.0 cm³/mol. The summed E-state index contributed by atoms with van der Waals surface area (Å²) in [6.07, 6.45) is 5.03. The van der Waals surface area contributed by atoms with Crippen LogP contribution in [0, 0.1) is 11.3 Å².